The third kappa shape index (κ3) is 2.22. The van der Waals surface area contributed by atoms with E-state index >= 15 is 0 Å². The van der Waals surface area contributed by atoms with Crippen molar-refractivity contribution < 1.29 is 24.2 Å². The van der Waals surface area contributed by atoms with Gasteiger partial charge in [-0.05, 0) is 6.07 Å². The van der Waals surface area contributed by atoms with Crippen molar-refractivity contribution in [2.75, 3.05) is 19.8 Å². The molecule has 0 bridgehead atoms. The Morgan fingerprint density at radius 1 is 1.20 bits per heavy atom. The van der Waals surface area contributed by atoms with Crippen molar-refractivity contribution in [3.63, 3.8) is 0 Å². The predicted octanol–water partition coefficient (Wildman–Crippen LogP) is 0.378. The molecule has 0 saturated carbocycles. The first-order valence-corrected chi connectivity index (χ1v) is 6.49. The molecule has 2 aliphatic rings. The van der Waals surface area contributed by atoms with E-state index in [2.05, 4.69) is 5.32 Å². The average molecular weight is 277 g/mol. The number of carbonyl (C=O) groups is 2. The van der Waals surface area contributed by atoms with Crippen LogP contribution in [0, 0.1) is 5.92 Å². The van der Waals surface area contributed by atoms with Crippen molar-refractivity contribution in [2.45, 2.75) is 12.0 Å². The van der Waals surface area contributed by atoms with Gasteiger partial charge in [-0.3, -0.25) is 9.59 Å². The van der Waals surface area contributed by atoms with Crippen LogP contribution in [0.4, 0.5) is 0 Å². The van der Waals surface area contributed by atoms with Gasteiger partial charge in [0.2, 0.25) is 5.91 Å². The molecular formula is C14H15NO5. The molecule has 3 rings (SSSR count). The third-order valence-corrected chi connectivity index (χ3v) is 3.74. The van der Waals surface area contributed by atoms with Crippen molar-refractivity contribution in [1.29, 1.82) is 0 Å². The maximum Gasteiger partial charge on any atom is 0.311 e. The van der Waals surface area contributed by atoms with Crippen LogP contribution in [0.3, 0.4) is 0 Å². The number of benzene rings is 1. The van der Waals surface area contributed by atoms with Gasteiger partial charge >= 0.3 is 5.97 Å². The highest BCUT2D eigenvalue weighted by Gasteiger charge is 2.38. The van der Waals surface area contributed by atoms with E-state index in [0.717, 1.165) is 5.56 Å². The first-order valence-electron chi connectivity index (χ1n) is 6.49. The quantitative estimate of drug-likeness (QED) is 0.834. The van der Waals surface area contributed by atoms with Gasteiger partial charge in [-0.2, -0.15) is 0 Å². The van der Waals surface area contributed by atoms with E-state index in [1.807, 2.05) is 24.3 Å². The number of carbonyl (C=O) groups excluding carboxylic acids is 1. The maximum atomic E-state index is 12.3. The molecule has 1 aromatic carbocycles. The summed E-state index contributed by atoms with van der Waals surface area (Å²) in [6, 6.07) is 6.90. The molecule has 20 heavy (non-hydrogen) atoms. The first kappa shape index (κ1) is 12.9. The summed E-state index contributed by atoms with van der Waals surface area (Å²) < 4.78 is 10.6. The Hall–Kier alpha value is -2.08. The van der Waals surface area contributed by atoms with E-state index < -0.39 is 17.9 Å². The summed E-state index contributed by atoms with van der Waals surface area (Å²) in [5, 5.41) is 11.8. The molecule has 0 aromatic heterocycles. The van der Waals surface area contributed by atoms with Crippen molar-refractivity contribution in [1.82, 2.24) is 5.32 Å². The summed E-state index contributed by atoms with van der Waals surface area (Å²) in [5.74, 6) is -1.52. The molecule has 1 fully saturated rings. The molecule has 6 heteroatoms. The largest absolute Gasteiger partial charge is 0.492 e. The second kappa shape index (κ2) is 5.13. The molecule has 0 radical (unpaired) electrons. The number of para-hydroxylation sites is 1. The molecule has 0 aliphatic carbocycles. The van der Waals surface area contributed by atoms with Gasteiger partial charge < -0.3 is 19.9 Å². The summed E-state index contributed by atoms with van der Waals surface area (Å²) >= 11 is 0. The first-order chi connectivity index (χ1) is 9.66. The second-order valence-corrected chi connectivity index (χ2v) is 5.00. The van der Waals surface area contributed by atoms with Crippen LogP contribution >= 0.6 is 0 Å². The number of carboxylic acid groups (broad SMARTS) is 1. The van der Waals surface area contributed by atoms with Crippen LogP contribution in [-0.4, -0.2) is 42.8 Å². The van der Waals surface area contributed by atoms with E-state index in [1.54, 1.807) is 0 Å². The molecule has 3 unspecified atom stereocenters. The Morgan fingerprint density at radius 2 is 2.00 bits per heavy atom. The van der Waals surface area contributed by atoms with Gasteiger partial charge in [0, 0.05) is 5.56 Å². The van der Waals surface area contributed by atoms with Crippen LogP contribution in [0.5, 0.6) is 5.75 Å². The fraction of sp³-hybridized carbons (Fsp3) is 0.429. The number of fused-ring (bicyclic) bond motifs is 1. The molecule has 2 aliphatic heterocycles. The smallest absolute Gasteiger partial charge is 0.311 e. The highest BCUT2D eigenvalue weighted by atomic mass is 16.5. The zero-order valence-corrected chi connectivity index (χ0v) is 10.7. The van der Waals surface area contributed by atoms with E-state index in [-0.39, 0.29) is 31.6 Å². The minimum atomic E-state index is -0.948. The van der Waals surface area contributed by atoms with Gasteiger partial charge in [-0.25, -0.2) is 0 Å². The molecule has 1 amide bonds. The molecule has 3 atom stereocenters. The van der Waals surface area contributed by atoms with Crippen LogP contribution in [0.25, 0.3) is 0 Å². The number of aliphatic carboxylic acids is 1. The lowest BCUT2D eigenvalue weighted by Crippen LogP contribution is -2.44. The van der Waals surface area contributed by atoms with Crippen molar-refractivity contribution in [2.24, 2.45) is 5.92 Å². The number of hydrogen-bond acceptors (Lipinski definition) is 4. The summed E-state index contributed by atoms with van der Waals surface area (Å²) in [4.78, 5) is 23.3. The van der Waals surface area contributed by atoms with Crippen molar-refractivity contribution in [3.8, 4) is 5.75 Å². The Labute approximate surface area is 115 Å². The van der Waals surface area contributed by atoms with Crippen LogP contribution < -0.4 is 10.1 Å². The minimum absolute atomic E-state index is 0.137. The molecule has 0 spiro atoms. The number of ether oxygens (including phenoxy) is 2. The number of rotatable bonds is 3. The third-order valence-electron chi connectivity index (χ3n) is 3.74. The van der Waals surface area contributed by atoms with Crippen LogP contribution in [0.2, 0.25) is 0 Å². The zero-order valence-electron chi connectivity index (χ0n) is 10.7. The van der Waals surface area contributed by atoms with E-state index in [0.29, 0.717) is 5.75 Å². The second-order valence-electron chi connectivity index (χ2n) is 5.00. The molecule has 2 N–H and O–H groups in total. The number of amides is 1. The fourth-order valence-electron chi connectivity index (χ4n) is 2.60. The summed E-state index contributed by atoms with van der Waals surface area (Å²) in [7, 11) is 0. The highest BCUT2D eigenvalue weighted by Crippen LogP contribution is 2.33. The number of carboxylic acids is 1. The van der Waals surface area contributed by atoms with Crippen LogP contribution in [-0.2, 0) is 14.3 Å². The van der Waals surface area contributed by atoms with Gasteiger partial charge in [0.05, 0.1) is 19.3 Å². The van der Waals surface area contributed by atoms with E-state index in [4.69, 9.17) is 14.6 Å². The van der Waals surface area contributed by atoms with Gasteiger partial charge in [0.1, 0.15) is 24.2 Å². The Balaban J connectivity index is 1.70. The molecule has 1 saturated heterocycles. The van der Waals surface area contributed by atoms with Gasteiger partial charge in [0.15, 0.2) is 0 Å². The lowest BCUT2D eigenvalue weighted by atomic mass is 9.98. The Kier molecular flexibility index (Phi) is 3.31. The molecule has 1 aromatic rings. The van der Waals surface area contributed by atoms with E-state index in [1.165, 1.54) is 0 Å². The number of nitrogens with one attached hydrogen (secondary N) is 1. The SMILES string of the molecule is O=C(NC1COCC1C(=O)O)C1COc2ccccc21. The monoisotopic (exact) mass is 277 g/mol. The minimum Gasteiger partial charge on any atom is -0.492 e. The number of hydrogen-bond donors (Lipinski definition) is 2. The van der Waals surface area contributed by atoms with Gasteiger partial charge in [-0.15, -0.1) is 0 Å². The topological polar surface area (TPSA) is 84.9 Å². The van der Waals surface area contributed by atoms with Crippen LogP contribution in [0.1, 0.15) is 11.5 Å². The summed E-state index contributed by atoms with van der Waals surface area (Å²) in [5.41, 5.74) is 0.843. The predicted molar refractivity (Wildman–Crippen MR) is 68.6 cm³/mol. The Bertz CT molecular complexity index is 544. The average Bonchev–Trinajstić information content (AvgIpc) is 3.04. The maximum absolute atomic E-state index is 12.3. The molecule has 2 heterocycles. The molecule has 6 nitrogen and oxygen atoms in total. The lowest BCUT2D eigenvalue weighted by molar-refractivity contribution is -0.142. The molecular weight excluding hydrogens is 262 g/mol. The summed E-state index contributed by atoms with van der Waals surface area (Å²) in [6.45, 7) is 0.659. The normalized spacial score (nSPS) is 27.7. The standard InChI is InChI=1S/C14H15NO5/c16-13(15-11-7-19-5-10(11)14(17)18)9-6-20-12-4-2-1-3-8(9)12/h1-4,9-11H,5-7H2,(H,15,16)(H,17,18). The highest BCUT2D eigenvalue weighted by molar-refractivity contribution is 5.86. The molecule has 106 valence electrons. The Morgan fingerprint density at radius 3 is 2.80 bits per heavy atom. The van der Waals surface area contributed by atoms with Crippen molar-refractivity contribution >= 4 is 11.9 Å². The lowest BCUT2D eigenvalue weighted by Gasteiger charge is -2.18. The zero-order chi connectivity index (χ0) is 14.1. The van der Waals surface area contributed by atoms with Gasteiger partial charge in [0.25, 0.3) is 0 Å². The summed E-state index contributed by atoms with van der Waals surface area (Å²) in [6.07, 6.45) is 0. The van der Waals surface area contributed by atoms with E-state index in [9.17, 15) is 9.59 Å². The van der Waals surface area contributed by atoms with Gasteiger partial charge in [-0.1, -0.05) is 18.2 Å². The van der Waals surface area contributed by atoms with Crippen molar-refractivity contribution in [3.05, 3.63) is 29.8 Å². The van der Waals surface area contributed by atoms with Crippen LogP contribution in [0.15, 0.2) is 24.3 Å². The fourth-order valence-corrected chi connectivity index (χ4v) is 2.60.